The molecular weight excluding hydrogens is 925 g/mol. The zero-order valence-electron chi connectivity index (χ0n) is 49.0. The smallest absolute Gasteiger partial charge is 0.343 e. The highest BCUT2D eigenvalue weighted by molar-refractivity contribution is 5.92. The molecule has 7 heteroatoms. The van der Waals surface area contributed by atoms with Gasteiger partial charge in [-0.1, -0.05) is 277 Å². The first-order chi connectivity index (χ1) is 37.0. The van der Waals surface area contributed by atoms with E-state index in [0.717, 1.165) is 55.6 Å². The number of carbonyl (C=O) groups is 1. The van der Waals surface area contributed by atoms with Gasteiger partial charge >= 0.3 is 5.97 Å². The molecule has 0 saturated carbocycles. The molecule has 0 spiro atoms. The van der Waals surface area contributed by atoms with Gasteiger partial charge in [-0.15, -0.1) is 0 Å². The van der Waals surface area contributed by atoms with E-state index in [-0.39, 0.29) is 0 Å². The van der Waals surface area contributed by atoms with E-state index in [1.165, 1.54) is 231 Å². The molecule has 0 amide bonds. The Bertz CT molecular complexity index is 1750. The molecule has 424 valence electrons. The van der Waals surface area contributed by atoms with E-state index in [0.29, 0.717) is 48.4 Å². The standard InChI is InChI=1S/C68H112N2O5/c1-5-8-11-14-17-20-23-26-29-32-35-38-41-44-54-72-65-57-61(68(71)75-64-52-50-62(51-53-64)69-59-63-49-47-48-60(4)70-63)58-66(73-55-45-42-39-36-33-30-27-24-21-18-15-12-9-6-2)67(65)74-56-46-43-40-37-34-31-28-25-22-19-16-13-10-7-3/h47-53,57-59H,5-46,54-56H2,1-4H3. The Labute approximate surface area is 461 Å². The number of aromatic nitrogens is 1. The third-order valence-electron chi connectivity index (χ3n) is 14.8. The summed E-state index contributed by atoms with van der Waals surface area (Å²) >= 11 is 0. The first-order valence-electron chi connectivity index (χ1n) is 31.9. The molecule has 0 fully saturated rings. The first kappa shape index (κ1) is 65.4. The molecule has 0 bridgehead atoms. The summed E-state index contributed by atoms with van der Waals surface area (Å²) in [6.07, 6.45) is 56.8. The van der Waals surface area contributed by atoms with Crippen molar-refractivity contribution in [2.45, 2.75) is 297 Å². The van der Waals surface area contributed by atoms with Crippen LogP contribution in [0.1, 0.15) is 312 Å². The maximum absolute atomic E-state index is 14.0. The van der Waals surface area contributed by atoms with Crippen LogP contribution in [0.2, 0.25) is 0 Å². The van der Waals surface area contributed by atoms with Gasteiger partial charge in [-0.25, -0.2) is 4.79 Å². The van der Waals surface area contributed by atoms with Crippen molar-refractivity contribution in [3.63, 3.8) is 0 Å². The maximum atomic E-state index is 14.0. The van der Waals surface area contributed by atoms with Crippen LogP contribution in [0.4, 0.5) is 5.69 Å². The average molecular weight is 1040 g/mol. The molecule has 3 rings (SSSR count). The van der Waals surface area contributed by atoms with Gasteiger partial charge in [-0.05, 0) is 74.7 Å². The molecule has 0 N–H and O–H groups in total. The number of hydrogen-bond acceptors (Lipinski definition) is 7. The van der Waals surface area contributed by atoms with Crippen LogP contribution in [0.5, 0.6) is 23.0 Å². The van der Waals surface area contributed by atoms with Crippen LogP contribution in [-0.4, -0.2) is 37.0 Å². The van der Waals surface area contributed by atoms with Gasteiger partial charge in [0.25, 0.3) is 0 Å². The summed E-state index contributed by atoms with van der Waals surface area (Å²) in [6.45, 7) is 10.5. The van der Waals surface area contributed by atoms with Gasteiger partial charge in [-0.2, -0.15) is 0 Å². The number of rotatable bonds is 52. The number of aliphatic imine (C=N–C) groups is 1. The maximum Gasteiger partial charge on any atom is 0.343 e. The summed E-state index contributed by atoms with van der Waals surface area (Å²) in [4.78, 5) is 23.1. The molecule has 0 unspecified atom stereocenters. The van der Waals surface area contributed by atoms with Crippen molar-refractivity contribution in [2.75, 3.05) is 19.8 Å². The Balaban J connectivity index is 1.61. The third-order valence-corrected chi connectivity index (χ3v) is 14.8. The van der Waals surface area contributed by atoms with E-state index >= 15 is 0 Å². The van der Waals surface area contributed by atoms with Crippen LogP contribution in [0.25, 0.3) is 0 Å². The molecule has 7 nitrogen and oxygen atoms in total. The number of nitrogens with zero attached hydrogens (tertiary/aromatic N) is 2. The number of benzene rings is 2. The second kappa shape index (κ2) is 47.4. The summed E-state index contributed by atoms with van der Waals surface area (Å²) in [5.74, 6) is 1.73. The molecule has 3 aromatic rings. The Kier molecular flexibility index (Phi) is 41.3. The monoisotopic (exact) mass is 1040 g/mol. The Hall–Kier alpha value is -3.87. The van der Waals surface area contributed by atoms with Crippen molar-refractivity contribution < 1.29 is 23.7 Å². The molecule has 0 aliphatic carbocycles. The minimum atomic E-state index is -0.462. The normalized spacial score (nSPS) is 11.5. The van der Waals surface area contributed by atoms with Crippen molar-refractivity contribution in [1.29, 1.82) is 0 Å². The van der Waals surface area contributed by atoms with E-state index in [4.69, 9.17) is 18.9 Å². The predicted molar refractivity (Wildman–Crippen MR) is 321 cm³/mol. The third kappa shape index (κ3) is 35.2. The fourth-order valence-electron chi connectivity index (χ4n) is 10.0. The van der Waals surface area contributed by atoms with Gasteiger partial charge in [0.15, 0.2) is 11.5 Å². The van der Waals surface area contributed by atoms with Gasteiger partial charge in [0, 0.05) is 5.69 Å². The summed E-state index contributed by atoms with van der Waals surface area (Å²) < 4.78 is 25.8. The van der Waals surface area contributed by atoms with E-state index in [2.05, 4.69) is 30.7 Å². The molecule has 1 aromatic heterocycles. The van der Waals surface area contributed by atoms with Crippen LogP contribution in [0.3, 0.4) is 0 Å². The lowest BCUT2D eigenvalue weighted by Gasteiger charge is -2.19. The number of pyridine rings is 1. The quantitative estimate of drug-likeness (QED) is 0.0243. The van der Waals surface area contributed by atoms with Crippen LogP contribution in [-0.2, 0) is 0 Å². The lowest BCUT2D eigenvalue weighted by Crippen LogP contribution is -2.12. The van der Waals surface area contributed by atoms with E-state index in [1.807, 2.05) is 37.3 Å². The van der Waals surface area contributed by atoms with Gasteiger partial charge in [0.05, 0.1) is 43.0 Å². The number of unbranched alkanes of at least 4 members (excludes halogenated alkanes) is 39. The largest absolute Gasteiger partial charge is 0.490 e. The van der Waals surface area contributed by atoms with Gasteiger partial charge in [0.1, 0.15) is 5.75 Å². The molecule has 0 aliphatic rings. The fourth-order valence-corrected chi connectivity index (χ4v) is 10.0. The zero-order chi connectivity index (χ0) is 53.3. The lowest BCUT2D eigenvalue weighted by atomic mass is 10.0. The van der Waals surface area contributed by atoms with Crippen LogP contribution < -0.4 is 18.9 Å². The molecular formula is C68H112N2O5. The lowest BCUT2D eigenvalue weighted by molar-refractivity contribution is 0.0733. The summed E-state index contributed by atoms with van der Waals surface area (Å²) in [6, 6.07) is 16.7. The van der Waals surface area contributed by atoms with Crippen LogP contribution >= 0.6 is 0 Å². The molecule has 2 aromatic carbocycles. The van der Waals surface area contributed by atoms with E-state index < -0.39 is 5.97 Å². The number of ether oxygens (including phenoxy) is 4. The summed E-state index contributed by atoms with van der Waals surface area (Å²) in [5.41, 5.74) is 2.87. The summed E-state index contributed by atoms with van der Waals surface area (Å²) in [7, 11) is 0. The second-order valence-corrected chi connectivity index (χ2v) is 22.0. The number of hydrogen-bond donors (Lipinski definition) is 0. The Morgan fingerprint density at radius 1 is 0.427 bits per heavy atom. The van der Waals surface area contributed by atoms with E-state index in [9.17, 15) is 4.79 Å². The van der Waals surface area contributed by atoms with Gasteiger partial charge in [-0.3, -0.25) is 9.98 Å². The highest BCUT2D eigenvalue weighted by Gasteiger charge is 2.21. The Morgan fingerprint density at radius 2 is 0.760 bits per heavy atom. The van der Waals surface area contributed by atoms with Crippen molar-refractivity contribution in [2.24, 2.45) is 4.99 Å². The highest BCUT2D eigenvalue weighted by Crippen LogP contribution is 2.40. The summed E-state index contributed by atoms with van der Waals surface area (Å²) in [5, 5.41) is 0. The molecule has 0 atom stereocenters. The van der Waals surface area contributed by atoms with Gasteiger partial charge < -0.3 is 18.9 Å². The van der Waals surface area contributed by atoms with Crippen molar-refractivity contribution in [1.82, 2.24) is 4.98 Å². The van der Waals surface area contributed by atoms with Crippen molar-refractivity contribution in [3.8, 4) is 23.0 Å². The minimum absolute atomic E-state index is 0.387. The van der Waals surface area contributed by atoms with Crippen LogP contribution in [0, 0.1) is 6.92 Å². The van der Waals surface area contributed by atoms with Gasteiger partial charge in [0.2, 0.25) is 5.75 Å². The van der Waals surface area contributed by atoms with Crippen LogP contribution in [0.15, 0.2) is 59.6 Å². The molecule has 75 heavy (non-hydrogen) atoms. The highest BCUT2D eigenvalue weighted by atomic mass is 16.5. The van der Waals surface area contributed by atoms with E-state index in [1.54, 1.807) is 30.5 Å². The first-order valence-corrected chi connectivity index (χ1v) is 31.9. The molecule has 0 saturated heterocycles. The SMILES string of the molecule is CCCCCCCCCCCCCCCCOc1cc(C(=O)Oc2ccc(N=Cc3cccc(C)n3)cc2)cc(OCCCCCCCCCCCCCCCC)c1OCCCCCCCCCCCCCCCC. The zero-order valence-corrected chi connectivity index (χ0v) is 49.0. The molecule has 0 aliphatic heterocycles. The predicted octanol–water partition coefficient (Wildman–Crippen LogP) is 21.9. The topological polar surface area (TPSA) is 79.2 Å². The average Bonchev–Trinajstić information content (AvgIpc) is 3.42. The second-order valence-electron chi connectivity index (χ2n) is 22.0. The molecule has 0 radical (unpaired) electrons. The number of esters is 1. The van der Waals surface area contributed by atoms with Crippen molar-refractivity contribution in [3.05, 3.63) is 71.5 Å². The van der Waals surface area contributed by atoms with Crippen molar-refractivity contribution >= 4 is 17.9 Å². The molecule has 1 heterocycles. The minimum Gasteiger partial charge on any atom is -0.490 e. The Morgan fingerprint density at radius 3 is 1.11 bits per heavy atom. The number of aryl methyl sites for hydroxylation is 1. The fraction of sp³-hybridized carbons (Fsp3) is 0.721. The number of carbonyl (C=O) groups excluding carboxylic acids is 1.